The quantitative estimate of drug-likeness (QED) is 0.913. The summed E-state index contributed by atoms with van der Waals surface area (Å²) in [6.07, 6.45) is 3.24. The summed E-state index contributed by atoms with van der Waals surface area (Å²) in [5.41, 5.74) is 6.73. The van der Waals surface area contributed by atoms with Gasteiger partial charge in [-0.3, -0.25) is 4.79 Å². The number of halogens is 1. The van der Waals surface area contributed by atoms with Gasteiger partial charge in [0.15, 0.2) is 0 Å². The molecule has 1 aromatic carbocycles. The van der Waals surface area contributed by atoms with Gasteiger partial charge in [0.1, 0.15) is 0 Å². The van der Waals surface area contributed by atoms with Crippen molar-refractivity contribution in [1.82, 2.24) is 4.90 Å². The third-order valence-corrected chi connectivity index (χ3v) is 3.98. The summed E-state index contributed by atoms with van der Waals surface area (Å²) >= 11 is 3.40. The first kappa shape index (κ1) is 13.6. The molecule has 1 aliphatic heterocycles. The zero-order valence-electron chi connectivity index (χ0n) is 10.6. The number of hydrogen-bond donors (Lipinski definition) is 1. The molecule has 0 radical (unpaired) electrons. The summed E-state index contributed by atoms with van der Waals surface area (Å²) in [4.78, 5) is 14.5. The number of hydrogen-bond acceptors (Lipinski definition) is 2. The van der Waals surface area contributed by atoms with Gasteiger partial charge in [0, 0.05) is 28.7 Å². The largest absolute Gasteiger partial charge is 0.334 e. The lowest BCUT2D eigenvalue weighted by molar-refractivity contribution is 0.0584. The Morgan fingerprint density at radius 1 is 1.50 bits per heavy atom. The molecule has 1 heterocycles. The molecule has 3 nitrogen and oxygen atoms in total. The van der Waals surface area contributed by atoms with Crippen molar-refractivity contribution in [2.24, 2.45) is 5.73 Å². The van der Waals surface area contributed by atoms with E-state index in [1.807, 2.05) is 36.1 Å². The average Bonchev–Trinajstić information content (AvgIpc) is 2.38. The highest BCUT2D eigenvalue weighted by Crippen LogP contribution is 2.22. The molecule has 4 heteroatoms. The molecule has 1 aromatic rings. The minimum absolute atomic E-state index is 0.0291. The number of benzene rings is 1. The molecule has 18 heavy (non-hydrogen) atoms. The van der Waals surface area contributed by atoms with Gasteiger partial charge in [0.2, 0.25) is 0 Å². The van der Waals surface area contributed by atoms with E-state index in [9.17, 15) is 4.79 Å². The third kappa shape index (κ3) is 2.93. The molecule has 0 saturated carbocycles. The molecular weight excluding hydrogens is 292 g/mol. The SMILES string of the molecule is CC(N)C1CCCCN1C(=O)c1cccc(Br)c1. The molecule has 1 saturated heterocycles. The standard InChI is InChI=1S/C14H19BrN2O/c1-10(16)13-7-2-3-8-17(13)14(18)11-5-4-6-12(15)9-11/h4-6,9-10,13H,2-3,7-8,16H2,1H3. The molecule has 1 amide bonds. The Kier molecular flexibility index (Phi) is 4.40. The number of rotatable bonds is 2. The highest BCUT2D eigenvalue weighted by molar-refractivity contribution is 9.10. The van der Waals surface area contributed by atoms with Crippen LogP contribution >= 0.6 is 15.9 Å². The minimum atomic E-state index is 0.0291. The fourth-order valence-electron chi connectivity index (χ4n) is 2.54. The first-order chi connectivity index (χ1) is 8.59. The van der Waals surface area contributed by atoms with Gasteiger partial charge in [-0.2, -0.15) is 0 Å². The number of nitrogens with zero attached hydrogens (tertiary/aromatic N) is 1. The lowest BCUT2D eigenvalue weighted by atomic mass is 9.96. The molecule has 0 bridgehead atoms. The molecule has 2 atom stereocenters. The van der Waals surface area contributed by atoms with Gasteiger partial charge in [0.25, 0.3) is 5.91 Å². The van der Waals surface area contributed by atoms with Crippen molar-refractivity contribution in [1.29, 1.82) is 0 Å². The predicted octanol–water partition coefficient (Wildman–Crippen LogP) is 2.79. The molecule has 2 unspecified atom stereocenters. The molecule has 0 spiro atoms. The normalized spacial score (nSPS) is 21.7. The van der Waals surface area contributed by atoms with E-state index in [4.69, 9.17) is 5.73 Å². The number of carbonyl (C=O) groups is 1. The fraction of sp³-hybridized carbons (Fsp3) is 0.500. The van der Waals surface area contributed by atoms with Crippen LogP contribution in [0.15, 0.2) is 28.7 Å². The summed E-state index contributed by atoms with van der Waals surface area (Å²) in [7, 11) is 0. The summed E-state index contributed by atoms with van der Waals surface area (Å²) < 4.78 is 0.933. The minimum Gasteiger partial charge on any atom is -0.334 e. The maximum absolute atomic E-state index is 12.5. The number of piperidine rings is 1. The average molecular weight is 311 g/mol. The zero-order chi connectivity index (χ0) is 13.1. The summed E-state index contributed by atoms with van der Waals surface area (Å²) in [5, 5.41) is 0. The highest BCUT2D eigenvalue weighted by Gasteiger charge is 2.29. The summed E-state index contributed by atoms with van der Waals surface area (Å²) in [6, 6.07) is 7.75. The first-order valence-electron chi connectivity index (χ1n) is 6.41. The van der Waals surface area contributed by atoms with Crippen LogP contribution in [0.1, 0.15) is 36.5 Å². The maximum Gasteiger partial charge on any atom is 0.254 e. The van der Waals surface area contributed by atoms with Crippen molar-refractivity contribution in [2.45, 2.75) is 38.3 Å². The number of amides is 1. The van der Waals surface area contributed by atoms with E-state index >= 15 is 0 Å². The van der Waals surface area contributed by atoms with Crippen LogP contribution < -0.4 is 5.73 Å². The van der Waals surface area contributed by atoms with Gasteiger partial charge in [0.05, 0.1) is 0 Å². The van der Waals surface area contributed by atoms with Crippen molar-refractivity contribution >= 4 is 21.8 Å². The van der Waals surface area contributed by atoms with Crippen molar-refractivity contribution in [3.05, 3.63) is 34.3 Å². The van der Waals surface area contributed by atoms with E-state index < -0.39 is 0 Å². The molecular formula is C14H19BrN2O. The van der Waals surface area contributed by atoms with Gasteiger partial charge >= 0.3 is 0 Å². The Balaban J connectivity index is 2.21. The number of nitrogens with two attached hydrogens (primary N) is 1. The molecule has 1 fully saturated rings. The van der Waals surface area contributed by atoms with Crippen LogP contribution in [0.25, 0.3) is 0 Å². The monoisotopic (exact) mass is 310 g/mol. The predicted molar refractivity (Wildman–Crippen MR) is 76.5 cm³/mol. The molecule has 0 aliphatic carbocycles. The highest BCUT2D eigenvalue weighted by atomic mass is 79.9. The molecule has 98 valence electrons. The van der Waals surface area contributed by atoms with Crippen LogP contribution in [0.5, 0.6) is 0 Å². The maximum atomic E-state index is 12.5. The molecule has 1 aliphatic rings. The van der Waals surface area contributed by atoms with E-state index in [-0.39, 0.29) is 18.0 Å². The Labute approximate surface area is 116 Å². The molecule has 0 aromatic heterocycles. The lowest BCUT2D eigenvalue weighted by Crippen LogP contribution is -2.51. The second-order valence-corrected chi connectivity index (χ2v) is 5.85. The third-order valence-electron chi connectivity index (χ3n) is 3.49. The molecule has 2 rings (SSSR count). The van der Waals surface area contributed by atoms with Gasteiger partial charge in [-0.05, 0) is 44.4 Å². The van der Waals surface area contributed by atoms with Gasteiger partial charge < -0.3 is 10.6 Å². The van der Waals surface area contributed by atoms with E-state index in [2.05, 4.69) is 15.9 Å². The van der Waals surface area contributed by atoms with E-state index in [1.165, 1.54) is 0 Å². The number of carbonyl (C=O) groups excluding carboxylic acids is 1. The van der Waals surface area contributed by atoms with E-state index in [0.717, 1.165) is 35.8 Å². The van der Waals surface area contributed by atoms with Crippen LogP contribution in [-0.2, 0) is 0 Å². The Morgan fingerprint density at radius 2 is 2.28 bits per heavy atom. The van der Waals surface area contributed by atoms with Gasteiger partial charge in [-0.25, -0.2) is 0 Å². The smallest absolute Gasteiger partial charge is 0.254 e. The van der Waals surface area contributed by atoms with Crippen molar-refractivity contribution < 1.29 is 4.79 Å². The fourth-order valence-corrected chi connectivity index (χ4v) is 2.94. The van der Waals surface area contributed by atoms with E-state index in [1.54, 1.807) is 0 Å². The van der Waals surface area contributed by atoms with Crippen LogP contribution in [0.3, 0.4) is 0 Å². The molecule has 2 N–H and O–H groups in total. The topological polar surface area (TPSA) is 46.3 Å². The van der Waals surface area contributed by atoms with Crippen molar-refractivity contribution in [3.63, 3.8) is 0 Å². The van der Waals surface area contributed by atoms with Crippen LogP contribution in [-0.4, -0.2) is 29.4 Å². The Hall–Kier alpha value is -0.870. The number of likely N-dealkylation sites (tertiary alicyclic amines) is 1. The summed E-state index contributed by atoms with van der Waals surface area (Å²) in [6.45, 7) is 2.80. The first-order valence-corrected chi connectivity index (χ1v) is 7.21. The Morgan fingerprint density at radius 3 is 2.94 bits per heavy atom. The summed E-state index contributed by atoms with van der Waals surface area (Å²) in [5.74, 6) is 0.0956. The van der Waals surface area contributed by atoms with E-state index in [0.29, 0.717) is 0 Å². The Bertz CT molecular complexity index is 434. The van der Waals surface area contributed by atoms with Crippen molar-refractivity contribution in [3.8, 4) is 0 Å². The van der Waals surface area contributed by atoms with Crippen LogP contribution in [0.2, 0.25) is 0 Å². The van der Waals surface area contributed by atoms with Crippen LogP contribution in [0, 0.1) is 0 Å². The zero-order valence-corrected chi connectivity index (χ0v) is 12.2. The van der Waals surface area contributed by atoms with Crippen molar-refractivity contribution in [2.75, 3.05) is 6.54 Å². The second-order valence-electron chi connectivity index (χ2n) is 4.93. The second kappa shape index (κ2) is 5.85. The van der Waals surface area contributed by atoms with Gasteiger partial charge in [-0.1, -0.05) is 22.0 Å². The lowest BCUT2D eigenvalue weighted by Gasteiger charge is -2.38. The van der Waals surface area contributed by atoms with Gasteiger partial charge in [-0.15, -0.1) is 0 Å². The van der Waals surface area contributed by atoms with Crippen LogP contribution in [0.4, 0.5) is 0 Å².